The van der Waals surface area contributed by atoms with Crippen LogP contribution in [0.25, 0.3) is 0 Å². The first kappa shape index (κ1) is 10.9. The minimum atomic E-state index is 0.276. The van der Waals surface area contributed by atoms with Gasteiger partial charge in [-0.1, -0.05) is 0 Å². The second kappa shape index (κ2) is 4.49. The van der Waals surface area contributed by atoms with Gasteiger partial charge in [-0.3, -0.25) is 4.98 Å². The van der Waals surface area contributed by atoms with Crippen molar-refractivity contribution in [2.24, 2.45) is 0 Å². The fourth-order valence-corrected chi connectivity index (χ4v) is 2.21. The van der Waals surface area contributed by atoms with Crippen LogP contribution in [-0.4, -0.2) is 30.3 Å². The largest absolute Gasteiger partial charge is 0.375 e. The third kappa shape index (κ3) is 2.32. The van der Waals surface area contributed by atoms with Gasteiger partial charge >= 0.3 is 0 Å². The average molecular weight is 271 g/mol. The molecule has 2 atom stereocenters. The Morgan fingerprint density at radius 2 is 2.27 bits per heavy atom. The van der Waals surface area contributed by atoms with Crippen LogP contribution in [0.15, 0.2) is 22.9 Å². The van der Waals surface area contributed by atoms with E-state index in [1.807, 2.05) is 6.20 Å². The van der Waals surface area contributed by atoms with E-state index in [4.69, 9.17) is 4.74 Å². The Kier molecular flexibility index (Phi) is 3.26. The van der Waals surface area contributed by atoms with E-state index in [9.17, 15) is 0 Å². The number of pyridine rings is 1. The summed E-state index contributed by atoms with van der Waals surface area (Å²) in [6.45, 7) is 6.02. The fraction of sp³-hybridized carbons (Fsp3) is 0.545. The first-order chi connectivity index (χ1) is 7.18. The molecule has 0 aromatic carbocycles. The lowest BCUT2D eigenvalue weighted by Crippen LogP contribution is -2.48. The van der Waals surface area contributed by atoms with Gasteiger partial charge in [-0.05, 0) is 35.8 Å². The van der Waals surface area contributed by atoms with Crippen LogP contribution in [0.2, 0.25) is 0 Å². The zero-order valence-corrected chi connectivity index (χ0v) is 10.6. The molecule has 0 spiro atoms. The van der Waals surface area contributed by atoms with Crippen LogP contribution >= 0.6 is 15.9 Å². The third-order valence-corrected chi connectivity index (χ3v) is 3.34. The Hall–Kier alpha value is -0.610. The van der Waals surface area contributed by atoms with Gasteiger partial charge in [-0.25, -0.2) is 0 Å². The van der Waals surface area contributed by atoms with E-state index in [0.717, 1.165) is 23.3 Å². The number of morpholine rings is 1. The highest BCUT2D eigenvalue weighted by molar-refractivity contribution is 9.10. The molecule has 0 aliphatic carbocycles. The highest BCUT2D eigenvalue weighted by Crippen LogP contribution is 2.24. The van der Waals surface area contributed by atoms with Gasteiger partial charge in [0.25, 0.3) is 0 Å². The highest BCUT2D eigenvalue weighted by atomic mass is 79.9. The summed E-state index contributed by atoms with van der Waals surface area (Å²) in [5, 5.41) is 0. The molecule has 82 valence electrons. The molecule has 0 bridgehead atoms. The second-order valence-corrected chi connectivity index (χ2v) is 4.79. The van der Waals surface area contributed by atoms with E-state index in [-0.39, 0.29) is 6.10 Å². The lowest BCUT2D eigenvalue weighted by Gasteiger charge is -2.39. The SMILES string of the molecule is CC1OCCN(c2cncc(Br)c2)C1C. The van der Waals surface area contributed by atoms with Crippen LogP contribution in [0.1, 0.15) is 13.8 Å². The van der Waals surface area contributed by atoms with Crippen molar-refractivity contribution in [3.8, 4) is 0 Å². The standard InChI is InChI=1S/C11H15BrN2O/c1-8-9(2)15-4-3-14(8)11-5-10(12)6-13-7-11/h5-9H,3-4H2,1-2H3. The topological polar surface area (TPSA) is 25.4 Å². The van der Waals surface area contributed by atoms with Crippen molar-refractivity contribution >= 4 is 21.6 Å². The summed E-state index contributed by atoms with van der Waals surface area (Å²) in [7, 11) is 0. The number of aromatic nitrogens is 1. The quantitative estimate of drug-likeness (QED) is 0.784. The molecule has 15 heavy (non-hydrogen) atoms. The summed E-state index contributed by atoms with van der Waals surface area (Å²) >= 11 is 3.44. The molecule has 1 fully saturated rings. The Morgan fingerprint density at radius 1 is 1.47 bits per heavy atom. The summed E-state index contributed by atoms with van der Waals surface area (Å²) in [6, 6.07) is 2.50. The number of hydrogen-bond acceptors (Lipinski definition) is 3. The van der Waals surface area contributed by atoms with E-state index in [1.165, 1.54) is 0 Å². The van der Waals surface area contributed by atoms with E-state index in [2.05, 4.69) is 45.7 Å². The summed E-state index contributed by atoms with van der Waals surface area (Å²) < 4.78 is 6.62. The molecule has 0 saturated carbocycles. The van der Waals surface area contributed by atoms with Crippen molar-refractivity contribution in [3.05, 3.63) is 22.9 Å². The van der Waals surface area contributed by atoms with E-state index in [1.54, 1.807) is 6.20 Å². The van der Waals surface area contributed by atoms with Crippen LogP contribution < -0.4 is 4.90 Å². The van der Waals surface area contributed by atoms with Gasteiger partial charge in [0.15, 0.2) is 0 Å². The maximum absolute atomic E-state index is 5.60. The summed E-state index contributed by atoms with van der Waals surface area (Å²) in [6.07, 6.45) is 3.98. The number of nitrogens with zero attached hydrogens (tertiary/aromatic N) is 2. The van der Waals surface area contributed by atoms with Crippen LogP contribution in [0.5, 0.6) is 0 Å². The van der Waals surface area contributed by atoms with E-state index < -0.39 is 0 Å². The van der Waals surface area contributed by atoms with Crippen molar-refractivity contribution < 1.29 is 4.74 Å². The molecule has 1 aliphatic heterocycles. The van der Waals surface area contributed by atoms with Crippen LogP contribution in [0.4, 0.5) is 5.69 Å². The van der Waals surface area contributed by atoms with Crippen molar-refractivity contribution in [2.75, 3.05) is 18.1 Å². The first-order valence-electron chi connectivity index (χ1n) is 5.17. The van der Waals surface area contributed by atoms with Crippen LogP contribution in [0.3, 0.4) is 0 Å². The van der Waals surface area contributed by atoms with E-state index >= 15 is 0 Å². The van der Waals surface area contributed by atoms with Gasteiger partial charge in [0.2, 0.25) is 0 Å². The summed E-state index contributed by atoms with van der Waals surface area (Å²) in [4.78, 5) is 6.53. The molecule has 0 N–H and O–H groups in total. The van der Waals surface area contributed by atoms with Gasteiger partial charge in [0.05, 0.1) is 30.6 Å². The molecule has 1 aromatic rings. The predicted molar refractivity (Wildman–Crippen MR) is 64.2 cm³/mol. The van der Waals surface area contributed by atoms with Crippen molar-refractivity contribution in [3.63, 3.8) is 0 Å². The number of ether oxygens (including phenoxy) is 1. The normalized spacial score (nSPS) is 26.7. The minimum absolute atomic E-state index is 0.276. The highest BCUT2D eigenvalue weighted by Gasteiger charge is 2.25. The predicted octanol–water partition coefficient (Wildman–Crippen LogP) is 2.46. The maximum atomic E-state index is 5.60. The maximum Gasteiger partial charge on any atom is 0.0748 e. The molecule has 1 aliphatic rings. The Balaban J connectivity index is 2.22. The van der Waals surface area contributed by atoms with Crippen molar-refractivity contribution in [2.45, 2.75) is 26.0 Å². The average Bonchev–Trinajstić information content (AvgIpc) is 2.22. The van der Waals surface area contributed by atoms with Gasteiger partial charge in [0.1, 0.15) is 0 Å². The second-order valence-electron chi connectivity index (χ2n) is 3.87. The number of hydrogen-bond donors (Lipinski definition) is 0. The molecule has 3 nitrogen and oxygen atoms in total. The molecule has 0 radical (unpaired) electrons. The number of rotatable bonds is 1. The zero-order chi connectivity index (χ0) is 10.8. The Labute approximate surface area is 98.6 Å². The lowest BCUT2D eigenvalue weighted by atomic mass is 10.1. The molecule has 2 unspecified atom stereocenters. The summed E-state index contributed by atoms with van der Waals surface area (Å²) in [5.41, 5.74) is 1.16. The van der Waals surface area contributed by atoms with Gasteiger partial charge in [-0.15, -0.1) is 0 Å². The van der Waals surface area contributed by atoms with E-state index in [0.29, 0.717) is 6.04 Å². The van der Waals surface area contributed by atoms with Gasteiger partial charge < -0.3 is 9.64 Å². The molecule has 0 amide bonds. The minimum Gasteiger partial charge on any atom is -0.375 e. The van der Waals surface area contributed by atoms with Crippen LogP contribution in [-0.2, 0) is 4.74 Å². The Bertz CT molecular complexity index is 345. The Morgan fingerprint density at radius 3 is 3.00 bits per heavy atom. The molecule has 1 aromatic heterocycles. The number of anilines is 1. The fourth-order valence-electron chi connectivity index (χ4n) is 1.86. The molecule has 2 heterocycles. The van der Waals surface area contributed by atoms with Gasteiger partial charge in [-0.2, -0.15) is 0 Å². The van der Waals surface area contributed by atoms with Crippen molar-refractivity contribution in [1.29, 1.82) is 0 Å². The van der Waals surface area contributed by atoms with Crippen LogP contribution in [0, 0.1) is 0 Å². The van der Waals surface area contributed by atoms with Crippen molar-refractivity contribution in [1.82, 2.24) is 4.98 Å². The summed E-state index contributed by atoms with van der Waals surface area (Å²) in [5.74, 6) is 0. The molecule has 1 saturated heterocycles. The smallest absolute Gasteiger partial charge is 0.0748 e. The zero-order valence-electron chi connectivity index (χ0n) is 8.98. The monoisotopic (exact) mass is 270 g/mol. The third-order valence-electron chi connectivity index (χ3n) is 2.91. The molecular formula is C11H15BrN2O. The first-order valence-corrected chi connectivity index (χ1v) is 5.96. The molecule has 2 rings (SSSR count). The number of halogens is 1. The molecule has 4 heteroatoms. The lowest BCUT2D eigenvalue weighted by molar-refractivity contribution is 0.0284. The molecular weight excluding hydrogens is 256 g/mol. The van der Waals surface area contributed by atoms with Gasteiger partial charge in [0, 0.05) is 17.2 Å².